The van der Waals surface area contributed by atoms with Crippen LogP contribution in [0.2, 0.25) is 0 Å². The van der Waals surface area contributed by atoms with E-state index < -0.39 is 0 Å². The van der Waals surface area contributed by atoms with E-state index in [1.807, 2.05) is 18.2 Å². The second-order valence-corrected chi connectivity index (χ2v) is 4.65. The molecule has 110 valence electrons. The van der Waals surface area contributed by atoms with E-state index >= 15 is 0 Å². The molecule has 1 aromatic carbocycles. The zero-order valence-electron chi connectivity index (χ0n) is 11.9. The van der Waals surface area contributed by atoms with Crippen molar-refractivity contribution in [2.24, 2.45) is 0 Å². The van der Waals surface area contributed by atoms with Gasteiger partial charge in [-0.1, -0.05) is 0 Å². The molecule has 0 atom stereocenters. The normalized spacial score (nSPS) is 10.4. The standard InChI is InChI=1S/C16H14N4O2/c1-22-16-12-5-4-11(9-10(12)6-8-19-16)20-15(21)14-13(17)3-2-7-18-14/h2-9H,17H2,1H3,(H,20,21). The molecule has 3 N–H and O–H groups in total. The van der Waals surface area contributed by atoms with Gasteiger partial charge in [-0.25, -0.2) is 9.97 Å². The second kappa shape index (κ2) is 5.69. The molecule has 3 aromatic rings. The Morgan fingerprint density at radius 1 is 1.18 bits per heavy atom. The van der Waals surface area contributed by atoms with Crippen molar-refractivity contribution < 1.29 is 9.53 Å². The Balaban J connectivity index is 1.92. The third kappa shape index (κ3) is 2.54. The number of nitrogens with zero attached hydrogens (tertiary/aromatic N) is 2. The van der Waals surface area contributed by atoms with Crippen molar-refractivity contribution in [1.82, 2.24) is 9.97 Å². The summed E-state index contributed by atoms with van der Waals surface area (Å²) in [6.07, 6.45) is 3.19. The molecule has 0 fully saturated rings. The Hall–Kier alpha value is -3.15. The number of aromatic nitrogens is 2. The molecule has 0 radical (unpaired) electrons. The molecule has 6 nitrogen and oxygen atoms in total. The van der Waals surface area contributed by atoms with Gasteiger partial charge in [-0.05, 0) is 41.8 Å². The lowest BCUT2D eigenvalue weighted by molar-refractivity contribution is 0.102. The van der Waals surface area contributed by atoms with Gasteiger partial charge in [-0.2, -0.15) is 0 Å². The number of hydrogen-bond donors (Lipinski definition) is 2. The number of carbonyl (C=O) groups is 1. The lowest BCUT2D eigenvalue weighted by atomic mass is 10.1. The molecular formula is C16H14N4O2. The Labute approximate surface area is 127 Å². The lowest BCUT2D eigenvalue weighted by Gasteiger charge is -2.09. The van der Waals surface area contributed by atoms with Gasteiger partial charge in [0, 0.05) is 23.5 Å². The van der Waals surface area contributed by atoms with Gasteiger partial charge in [-0.15, -0.1) is 0 Å². The molecule has 2 heterocycles. The number of anilines is 2. The molecule has 22 heavy (non-hydrogen) atoms. The number of carbonyl (C=O) groups excluding carboxylic acids is 1. The SMILES string of the molecule is COc1nccc2cc(NC(=O)c3ncccc3N)ccc12. The molecule has 6 heteroatoms. The van der Waals surface area contributed by atoms with Crippen LogP contribution in [0.15, 0.2) is 48.8 Å². The quantitative estimate of drug-likeness (QED) is 0.774. The number of amides is 1. The Bertz CT molecular complexity index is 848. The summed E-state index contributed by atoms with van der Waals surface area (Å²) in [6.45, 7) is 0. The van der Waals surface area contributed by atoms with Crippen LogP contribution in [0.5, 0.6) is 5.88 Å². The Morgan fingerprint density at radius 2 is 2.05 bits per heavy atom. The van der Waals surface area contributed by atoms with Crippen LogP contribution in [-0.4, -0.2) is 23.0 Å². The van der Waals surface area contributed by atoms with Gasteiger partial charge in [0.1, 0.15) is 0 Å². The first-order valence-electron chi connectivity index (χ1n) is 6.63. The van der Waals surface area contributed by atoms with Crippen molar-refractivity contribution in [3.8, 4) is 5.88 Å². The van der Waals surface area contributed by atoms with Crippen molar-refractivity contribution in [3.05, 3.63) is 54.5 Å². The van der Waals surface area contributed by atoms with Crippen LogP contribution in [0.3, 0.4) is 0 Å². The number of hydrogen-bond acceptors (Lipinski definition) is 5. The van der Waals surface area contributed by atoms with E-state index in [9.17, 15) is 4.79 Å². The largest absolute Gasteiger partial charge is 0.481 e. The smallest absolute Gasteiger partial charge is 0.276 e. The minimum absolute atomic E-state index is 0.204. The van der Waals surface area contributed by atoms with E-state index in [0.717, 1.165) is 10.8 Å². The van der Waals surface area contributed by atoms with Crippen molar-refractivity contribution in [2.75, 3.05) is 18.2 Å². The van der Waals surface area contributed by atoms with Gasteiger partial charge in [0.25, 0.3) is 5.91 Å². The monoisotopic (exact) mass is 294 g/mol. The minimum Gasteiger partial charge on any atom is -0.481 e. The summed E-state index contributed by atoms with van der Waals surface area (Å²) >= 11 is 0. The maximum atomic E-state index is 12.2. The van der Waals surface area contributed by atoms with Gasteiger partial charge in [-0.3, -0.25) is 4.79 Å². The molecule has 0 saturated heterocycles. The zero-order chi connectivity index (χ0) is 15.5. The summed E-state index contributed by atoms with van der Waals surface area (Å²) in [4.78, 5) is 20.3. The number of ether oxygens (including phenoxy) is 1. The van der Waals surface area contributed by atoms with Crippen LogP contribution < -0.4 is 15.8 Å². The first kappa shape index (κ1) is 13.8. The summed E-state index contributed by atoms with van der Waals surface area (Å²) < 4.78 is 5.21. The first-order valence-corrected chi connectivity index (χ1v) is 6.63. The molecular weight excluding hydrogens is 280 g/mol. The molecule has 0 saturated carbocycles. The molecule has 1 amide bonds. The van der Waals surface area contributed by atoms with Crippen molar-refractivity contribution >= 4 is 28.1 Å². The maximum Gasteiger partial charge on any atom is 0.276 e. The molecule has 2 aromatic heterocycles. The first-order chi connectivity index (χ1) is 10.7. The molecule has 0 bridgehead atoms. The molecule has 0 aliphatic rings. The van der Waals surface area contributed by atoms with E-state index in [-0.39, 0.29) is 11.6 Å². The van der Waals surface area contributed by atoms with Crippen LogP contribution in [0.4, 0.5) is 11.4 Å². The fraction of sp³-hybridized carbons (Fsp3) is 0.0625. The lowest BCUT2D eigenvalue weighted by Crippen LogP contribution is -2.15. The number of methoxy groups -OCH3 is 1. The van der Waals surface area contributed by atoms with Crippen LogP contribution in [0, 0.1) is 0 Å². The number of pyridine rings is 2. The van der Waals surface area contributed by atoms with E-state index in [1.165, 1.54) is 6.20 Å². The predicted molar refractivity (Wildman–Crippen MR) is 84.9 cm³/mol. The fourth-order valence-electron chi connectivity index (χ4n) is 2.19. The van der Waals surface area contributed by atoms with Crippen LogP contribution in [-0.2, 0) is 0 Å². The third-order valence-electron chi connectivity index (χ3n) is 3.23. The third-order valence-corrected chi connectivity index (χ3v) is 3.23. The number of nitrogens with two attached hydrogens (primary N) is 1. The van der Waals surface area contributed by atoms with Gasteiger partial charge >= 0.3 is 0 Å². The Morgan fingerprint density at radius 3 is 2.82 bits per heavy atom. The highest BCUT2D eigenvalue weighted by molar-refractivity contribution is 6.07. The fourth-order valence-corrected chi connectivity index (χ4v) is 2.19. The van der Waals surface area contributed by atoms with E-state index in [1.54, 1.807) is 31.5 Å². The van der Waals surface area contributed by atoms with Crippen LogP contribution >= 0.6 is 0 Å². The summed E-state index contributed by atoms with van der Waals surface area (Å²) in [5, 5.41) is 4.58. The predicted octanol–water partition coefficient (Wildman–Crippen LogP) is 2.47. The van der Waals surface area contributed by atoms with Crippen molar-refractivity contribution in [1.29, 1.82) is 0 Å². The van der Waals surface area contributed by atoms with Gasteiger partial charge < -0.3 is 15.8 Å². The summed E-state index contributed by atoms with van der Waals surface area (Å²) in [5.74, 6) is 0.197. The summed E-state index contributed by atoms with van der Waals surface area (Å²) in [7, 11) is 1.57. The molecule has 3 rings (SSSR count). The number of nitrogen functional groups attached to an aromatic ring is 1. The van der Waals surface area contributed by atoms with E-state index in [2.05, 4.69) is 15.3 Å². The highest BCUT2D eigenvalue weighted by Crippen LogP contribution is 2.25. The highest BCUT2D eigenvalue weighted by atomic mass is 16.5. The number of rotatable bonds is 3. The minimum atomic E-state index is -0.349. The average Bonchev–Trinajstić information content (AvgIpc) is 2.54. The van der Waals surface area contributed by atoms with Crippen LogP contribution in [0.25, 0.3) is 10.8 Å². The molecule has 0 aliphatic carbocycles. The zero-order valence-corrected chi connectivity index (χ0v) is 11.9. The maximum absolute atomic E-state index is 12.2. The van der Waals surface area contributed by atoms with Crippen molar-refractivity contribution in [2.45, 2.75) is 0 Å². The van der Waals surface area contributed by atoms with Gasteiger partial charge in [0.05, 0.1) is 12.8 Å². The highest BCUT2D eigenvalue weighted by Gasteiger charge is 2.11. The van der Waals surface area contributed by atoms with Crippen LogP contribution in [0.1, 0.15) is 10.5 Å². The molecule has 0 unspecified atom stereocenters. The van der Waals surface area contributed by atoms with Crippen molar-refractivity contribution in [3.63, 3.8) is 0 Å². The molecule has 0 aliphatic heterocycles. The average molecular weight is 294 g/mol. The Kier molecular flexibility index (Phi) is 3.57. The van der Waals surface area contributed by atoms with E-state index in [0.29, 0.717) is 17.3 Å². The number of nitrogens with one attached hydrogen (secondary N) is 1. The van der Waals surface area contributed by atoms with E-state index in [4.69, 9.17) is 10.5 Å². The van der Waals surface area contributed by atoms with Gasteiger partial charge in [0.2, 0.25) is 5.88 Å². The van der Waals surface area contributed by atoms with Gasteiger partial charge in [0.15, 0.2) is 5.69 Å². The molecule has 0 spiro atoms. The second-order valence-electron chi connectivity index (χ2n) is 4.65. The summed E-state index contributed by atoms with van der Waals surface area (Å²) in [5.41, 5.74) is 6.95. The topological polar surface area (TPSA) is 90.1 Å². The summed E-state index contributed by atoms with van der Waals surface area (Å²) in [6, 6.07) is 10.6. The number of benzene rings is 1. The number of fused-ring (bicyclic) bond motifs is 1.